The average Bonchev–Trinajstić information content (AvgIpc) is 2.64. The molecule has 0 aliphatic carbocycles. The second kappa shape index (κ2) is 4.80. The Balaban J connectivity index is 2.60. The highest BCUT2D eigenvalue weighted by Crippen LogP contribution is 2.33. The Kier molecular flexibility index (Phi) is 3.49. The lowest BCUT2D eigenvalue weighted by Gasteiger charge is -2.16. The fraction of sp³-hybridized carbons (Fsp3) is 0.273. The minimum atomic E-state index is -1.80. The van der Waals surface area contributed by atoms with Crippen LogP contribution in [-0.2, 0) is 9.59 Å². The number of imide groups is 1. The number of carbonyl (C=O) groups excluding carboxylic acids is 2. The van der Waals surface area contributed by atoms with Gasteiger partial charge in [0, 0.05) is 18.4 Å². The number of carbonyl (C=O) groups is 2. The zero-order valence-electron chi connectivity index (χ0n) is 9.22. The average molecular weight is 296 g/mol. The standard InChI is InChI=1S/C11H6ClF4NO2/c12-3-4-1-7(18)17(11(4)19)10-8(15)5(13)2-6(14)9(10)16/h2,4H,1,3H2. The molecule has 1 aromatic carbocycles. The van der Waals surface area contributed by atoms with E-state index in [-0.39, 0.29) is 23.3 Å². The fourth-order valence-electron chi connectivity index (χ4n) is 1.81. The molecular formula is C11H6ClF4NO2. The van der Waals surface area contributed by atoms with Crippen molar-refractivity contribution in [3.63, 3.8) is 0 Å². The van der Waals surface area contributed by atoms with Crippen molar-refractivity contribution < 1.29 is 27.2 Å². The Morgan fingerprint density at radius 1 is 1.16 bits per heavy atom. The Morgan fingerprint density at radius 2 is 1.68 bits per heavy atom. The van der Waals surface area contributed by atoms with Crippen LogP contribution in [0.2, 0.25) is 0 Å². The molecule has 1 unspecified atom stereocenters. The molecule has 102 valence electrons. The zero-order chi connectivity index (χ0) is 14.3. The molecule has 1 aliphatic rings. The number of hydrogen-bond acceptors (Lipinski definition) is 2. The molecule has 0 saturated carbocycles. The predicted molar refractivity (Wildman–Crippen MR) is 57.6 cm³/mol. The number of halogens is 5. The van der Waals surface area contributed by atoms with Gasteiger partial charge >= 0.3 is 0 Å². The third-order valence-electron chi connectivity index (χ3n) is 2.74. The highest BCUT2D eigenvalue weighted by atomic mass is 35.5. The molecule has 0 spiro atoms. The molecule has 0 bridgehead atoms. The number of hydrogen-bond donors (Lipinski definition) is 0. The van der Waals surface area contributed by atoms with Crippen LogP contribution in [0, 0.1) is 29.2 Å². The Hall–Kier alpha value is -1.63. The predicted octanol–water partition coefficient (Wildman–Crippen LogP) is 2.36. The van der Waals surface area contributed by atoms with Crippen molar-refractivity contribution in [1.82, 2.24) is 0 Å². The van der Waals surface area contributed by atoms with Gasteiger partial charge in [0.1, 0.15) is 5.69 Å². The van der Waals surface area contributed by atoms with Crippen molar-refractivity contribution in [3.05, 3.63) is 29.3 Å². The van der Waals surface area contributed by atoms with Crippen LogP contribution in [-0.4, -0.2) is 17.7 Å². The summed E-state index contributed by atoms with van der Waals surface area (Å²) in [6.45, 7) is 0. The normalized spacial score (nSPS) is 19.4. The molecule has 1 saturated heterocycles. The van der Waals surface area contributed by atoms with Crippen molar-refractivity contribution in [2.45, 2.75) is 6.42 Å². The van der Waals surface area contributed by atoms with Gasteiger partial charge in [-0.3, -0.25) is 9.59 Å². The second-order valence-corrected chi connectivity index (χ2v) is 4.25. The molecule has 0 N–H and O–H groups in total. The third kappa shape index (κ3) is 2.07. The van der Waals surface area contributed by atoms with E-state index in [0.29, 0.717) is 0 Å². The molecule has 8 heteroatoms. The van der Waals surface area contributed by atoms with Crippen molar-refractivity contribution in [2.75, 3.05) is 10.8 Å². The van der Waals surface area contributed by atoms with Crippen LogP contribution < -0.4 is 4.90 Å². The lowest BCUT2D eigenvalue weighted by molar-refractivity contribution is -0.122. The van der Waals surface area contributed by atoms with E-state index >= 15 is 0 Å². The Morgan fingerprint density at radius 3 is 2.11 bits per heavy atom. The molecule has 1 fully saturated rings. The van der Waals surface area contributed by atoms with E-state index in [1.807, 2.05) is 0 Å². The number of anilines is 1. The van der Waals surface area contributed by atoms with Crippen LogP contribution in [0.1, 0.15) is 6.42 Å². The van der Waals surface area contributed by atoms with Crippen molar-refractivity contribution in [2.24, 2.45) is 5.92 Å². The second-order valence-electron chi connectivity index (χ2n) is 3.94. The number of alkyl halides is 1. The van der Waals surface area contributed by atoms with Crippen molar-refractivity contribution in [1.29, 1.82) is 0 Å². The lowest BCUT2D eigenvalue weighted by atomic mass is 10.1. The fourth-order valence-corrected chi connectivity index (χ4v) is 2.05. The topological polar surface area (TPSA) is 37.4 Å². The minimum Gasteiger partial charge on any atom is -0.274 e. The highest BCUT2D eigenvalue weighted by Gasteiger charge is 2.42. The van der Waals surface area contributed by atoms with Gasteiger partial charge in [-0.15, -0.1) is 11.6 Å². The van der Waals surface area contributed by atoms with E-state index < -0.39 is 46.7 Å². The molecule has 3 nitrogen and oxygen atoms in total. The first-order chi connectivity index (χ1) is 8.88. The number of amides is 2. The maximum Gasteiger partial charge on any atom is 0.238 e. The minimum absolute atomic E-state index is 0.00176. The van der Waals surface area contributed by atoms with Gasteiger partial charge < -0.3 is 0 Å². The maximum atomic E-state index is 13.5. The smallest absolute Gasteiger partial charge is 0.238 e. The molecule has 1 aliphatic heterocycles. The quantitative estimate of drug-likeness (QED) is 0.363. The molecule has 0 radical (unpaired) electrons. The van der Waals surface area contributed by atoms with Gasteiger partial charge in [0.25, 0.3) is 0 Å². The SMILES string of the molecule is O=C1CC(CCl)C(=O)N1c1c(F)c(F)cc(F)c1F. The number of rotatable bonds is 2. The summed E-state index contributed by atoms with van der Waals surface area (Å²) in [5, 5.41) is 0. The largest absolute Gasteiger partial charge is 0.274 e. The summed E-state index contributed by atoms with van der Waals surface area (Å²) in [7, 11) is 0. The Bertz CT molecular complexity index is 552. The molecule has 1 aromatic rings. The van der Waals surface area contributed by atoms with E-state index in [9.17, 15) is 27.2 Å². The van der Waals surface area contributed by atoms with Crippen LogP contribution >= 0.6 is 11.6 Å². The van der Waals surface area contributed by atoms with Crippen molar-refractivity contribution in [3.8, 4) is 0 Å². The van der Waals surface area contributed by atoms with Gasteiger partial charge in [0.2, 0.25) is 11.8 Å². The first kappa shape index (κ1) is 13.8. The number of nitrogens with zero attached hydrogens (tertiary/aromatic N) is 1. The molecule has 19 heavy (non-hydrogen) atoms. The summed E-state index contributed by atoms with van der Waals surface area (Å²) < 4.78 is 53.1. The van der Waals surface area contributed by atoms with Crippen molar-refractivity contribution >= 4 is 29.1 Å². The van der Waals surface area contributed by atoms with E-state index in [1.54, 1.807) is 0 Å². The van der Waals surface area contributed by atoms with Gasteiger partial charge in [0.15, 0.2) is 23.3 Å². The molecule has 0 aromatic heterocycles. The lowest BCUT2D eigenvalue weighted by Crippen LogP contribution is -2.33. The molecule has 2 amide bonds. The molecule has 1 heterocycles. The van der Waals surface area contributed by atoms with Gasteiger partial charge in [-0.2, -0.15) is 0 Å². The first-order valence-corrected chi connectivity index (χ1v) is 5.67. The van der Waals surface area contributed by atoms with Crippen LogP contribution in [0.25, 0.3) is 0 Å². The third-order valence-corrected chi connectivity index (χ3v) is 3.11. The summed E-state index contributed by atoms with van der Waals surface area (Å²) in [5.41, 5.74) is -1.33. The van der Waals surface area contributed by atoms with Crippen LogP contribution in [0.4, 0.5) is 23.2 Å². The van der Waals surface area contributed by atoms with Gasteiger partial charge in [-0.05, 0) is 0 Å². The monoisotopic (exact) mass is 295 g/mol. The van der Waals surface area contributed by atoms with E-state index in [1.165, 1.54) is 0 Å². The van der Waals surface area contributed by atoms with E-state index in [0.717, 1.165) is 0 Å². The number of benzene rings is 1. The van der Waals surface area contributed by atoms with E-state index in [2.05, 4.69) is 0 Å². The molecule has 2 rings (SSSR count). The van der Waals surface area contributed by atoms with Gasteiger partial charge in [-0.1, -0.05) is 0 Å². The van der Waals surface area contributed by atoms with Crippen LogP contribution in [0.5, 0.6) is 0 Å². The summed E-state index contributed by atoms with van der Waals surface area (Å²) >= 11 is 5.43. The molecule has 1 atom stereocenters. The summed E-state index contributed by atoms with van der Waals surface area (Å²) in [6, 6.07) is -0.00176. The van der Waals surface area contributed by atoms with Gasteiger partial charge in [-0.25, -0.2) is 22.5 Å². The Labute approximate surface area is 109 Å². The van der Waals surface area contributed by atoms with Gasteiger partial charge in [0.05, 0.1) is 5.92 Å². The zero-order valence-corrected chi connectivity index (χ0v) is 9.98. The first-order valence-electron chi connectivity index (χ1n) is 5.14. The summed E-state index contributed by atoms with van der Waals surface area (Å²) in [6.07, 6.45) is -0.362. The van der Waals surface area contributed by atoms with Crippen LogP contribution in [0.3, 0.4) is 0 Å². The van der Waals surface area contributed by atoms with E-state index in [4.69, 9.17) is 11.6 Å². The maximum absolute atomic E-state index is 13.5. The highest BCUT2D eigenvalue weighted by molar-refractivity contribution is 6.26. The molecular weight excluding hydrogens is 290 g/mol. The van der Waals surface area contributed by atoms with Crippen LogP contribution in [0.15, 0.2) is 6.07 Å². The summed E-state index contributed by atoms with van der Waals surface area (Å²) in [5.74, 6) is -10.1. The summed E-state index contributed by atoms with van der Waals surface area (Å²) in [4.78, 5) is 23.4.